The molecule has 188 valence electrons. The summed E-state index contributed by atoms with van der Waals surface area (Å²) in [6, 6.07) is 24.1. The van der Waals surface area contributed by atoms with Gasteiger partial charge in [0.15, 0.2) is 0 Å². The first-order chi connectivity index (χ1) is 17.1. The first-order valence-corrected chi connectivity index (χ1v) is 13.1. The maximum atomic E-state index is 11.5. The fraction of sp³-hybridized carbons (Fsp3) is 0.438. The van der Waals surface area contributed by atoms with Gasteiger partial charge in [-0.25, -0.2) is 0 Å². The van der Waals surface area contributed by atoms with E-state index in [1.165, 1.54) is 5.56 Å². The summed E-state index contributed by atoms with van der Waals surface area (Å²) in [6.07, 6.45) is 1.63. The van der Waals surface area contributed by atoms with Crippen LogP contribution in [0.15, 0.2) is 72.8 Å². The number of hydrogen-bond acceptors (Lipinski definition) is 4. The lowest BCUT2D eigenvalue weighted by Crippen LogP contribution is -2.59. The largest absolute Gasteiger partial charge is 0.507 e. The lowest BCUT2D eigenvalue weighted by Gasteiger charge is -2.55. The fourth-order valence-electron chi connectivity index (χ4n) is 7.46. The monoisotopic (exact) mass is 484 g/mol. The van der Waals surface area contributed by atoms with Gasteiger partial charge in [0.2, 0.25) is 5.79 Å². The zero-order chi connectivity index (χ0) is 25.3. The molecule has 2 fully saturated rings. The van der Waals surface area contributed by atoms with Crippen LogP contribution in [0.4, 0.5) is 0 Å². The number of benzene rings is 3. The molecule has 2 N–H and O–H groups in total. The first kappa shape index (κ1) is 23.6. The van der Waals surface area contributed by atoms with Gasteiger partial charge in [0.1, 0.15) is 11.5 Å². The third kappa shape index (κ3) is 3.74. The number of ether oxygens (including phenoxy) is 2. The molecule has 2 aliphatic heterocycles. The summed E-state index contributed by atoms with van der Waals surface area (Å²) < 4.78 is 13.7. The smallest absolute Gasteiger partial charge is 0.212 e. The second kappa shape index (κ2) is 8.09. The Hall–Kier alpha value is -2.82. The van der Waals surface area contributed by atoms with Crippen LogP contribution in [0.2, 0.25) is 0 Å². The average Bonchev–Trinajstić information content (AvgIpc) is 3.16. The van der Waals surface area contributed by atoms with Crippen molar-refractivity contribution >= 4 is 0 Å². The first-order valence-electron chi connectivity index (χ1n) is 13.1. The Morgan fingerprint density at radius 1 is 0.861 bits per heavy atom. The number of phenols is 1. The Morgan fingerprint density at radius 3 is 2.22 bits per heavy atom. The summed E-state index contributed by atoms with van der Waals surface area (Å²) in [5, 5.41) is 22.4. The lowest BCUT2D eigenvalue weighted by atomic mass is 9.65. The van der Waals surface area contributed by atoms with Crippen LogP contribution >= 0.6 is 0 Å². The second-order valence-electron chi connectivity index (χ2n) is 12.4. The van der Waals surface area contributed by atoms with Crippen LogP contribution in [-0.2, 0) is 10.2 Å². The predicted octanol–water partition coefficient (Wildman–Crippen LogP) is 6.80. The molecule has 3 aromatic rings. The number of phenolic OH excluding ortho intramolecular Hbond substituents is 1. The molecule has 2 heterocycles. The molecule has 1 saturated carbocycles. The number of hydrogen-bond donors (Lipinski definition) is 2. The maximum absolute atomic E-state index is 11.5. The summed E-state index contributed by atoms with van der Waals surface area (Å²) in [5.41, 5.74) is 3.47. The Kier molecular flexibility index (Phi) is 5.30. The minimum Gasteiger partial charge on any atom is -0.507 e. The molecule has 4 nitrogen and oxygen atoms in total. The molecule has 5 atom stereocenters. The maximum Gasteiger partial charge on any atom is 0.212 e. The molecule has 3 aliphatic rings. The molecular formula is C32H36O4. The summed E-state index contributed by atoms with van der Waals surface area (Å²) in [4.78, 5) is 0. The molecule has 1 spiro atoms. The number of aliphatic hydroxyl groups is 1. The fourth-order valence-corrected chi connectivity index (χ4v) is 7.46. The van der Waals surface area contributed by atoms with Crippen molar-refractivity contribution in [3.8, 4) is 22.6 Å². The summed E-state index contributed by atoms with van der Waals surface area (Å²) in [5.74, 6) is 0.358. The number of aromatic hydroxyl groups is 1. The molecule has 0 radical (unpaired) electrons. The van der Waals surface area contributed by atoms with E-state index in [0.29, 0.717) is 12.8 Å². The zero-order valence-electron chi connectivity index (χ0n) is 21.6. The molecule has 5 unspecified atom stereocenters. The Labute approximate surface area is 213 Å². The standard InChI is InChI=1S/C32H36O4/c1-30(2)18-32(35-26-15-22(25(33)17-24(26)30)20-11-7-5-8-12-20)19-31(3,4)28-27(36-32)16-23(29(28)34)21-13-9-6-10-14-21/h5-15,17,23,27-29,33-34H,16,18-19H2,1-4H3. The minimum absolute atomic E-state index is 0.0427. The van der Waals surface area contributed by atoms with Gasteiger partial charge >= 0.3 is 0 Å². The lowest BCUT2D eigenvalue weighted by molar-refractivity contribution is -0.293. The SMILES string of the molecule is CC1(C)CC2(CC(C)(C)C3C(CC(c4ccccc4)C3O)O2)Oc2cc(-c3ccccc3)c(O)cc21. The summed E-state index contributed by atoms with van der Waals surface area (Å²) in [6.45, 7) is 8.92. The predicted molar refractivity (Wildman–Crippen MR) is 141 cm³/mol. The van der Waals surface area contributed by atoms with E-state index in [-0.39, 0.29) is 34.5 Å². The summed E-state index contributed by atoms with van der Waals surface area (Å²) in [7, 11) is 0. The van der Waals surface area contributed by atoms with E-state index < -0.39 is 11.9 Å². The van der Waals surface area contributed by atoms with E-state index >= 15 is 0 Å². The van der Waals surface area contributed by atoms with Gasteiger partial charge in [-0.3, -0.25) is 0 Å². The van der Waals surface area contributed by atoms with Crippen molar-refractivity contribution in [1.29, 1.82) is 0 Å². The third-order valence-electron chi connectivity index (χ3n) is 8.81. The van der Waals surface area contributed by atoms with Crippen molar-refractivity contribution in [1.82, 2.24) is 0 Å². The Morgan fingerprint density at radius 2 is 1.53 bits per heavy atom. The van der Waals surface area contributed by atoms with Crippen molar-refractivity contribution in [2.75, 3.05) is 0 Å². The molecule has 0 bridgehead atoms. The van der Waals surface area contributed by atoms with Crippen LogP contribution in [0.25, 0.3) is 11.1 Å². The van der Waals surface area contributed by atoms with Crippen molar-refractivity contribution in [3.63, 3.8) is 0 Å². The number of fused-ring (bicyclic) bond motifs is 2. The highest BCUT2D eigenvalue weighted by Gasteiger charge is 2.61. The van der Waals surface area contributed by atoms with E-state index in [0.717, 1.165) is 28.9 Å². The van der Waals surface area contributed by atoms with Crippen LogP contribution in [-0.4, -0.2) is 28.2 Å². The number of aliphatic hydroxyl groups excluding tert-OH is 1. The molecule has 1 aliphatic carbocycles. The van der Waals surface area contributed by atoms with Gasteiger partial charge in [-0.2, -0.15) is 0 Å². The number of rotatable bonds is 2. The van der Waals surface area contributed by atoms with Gasteiger partial charge in [-0.05, 0) is 40.5 Å². The molecule has 36 heavy (non-hydrogen) atoms. The molecule has 3 aromatic carbocycles. The molecule has 0 amide bonds. The van der Waals surface area contributed by atoms with Gasteiger partial charge in [-0.1, -0.05) is 88.4 Å². The quantitative estimate of drug-likeness (QED) is 0.420. The highest BCUT2D eigenvalue weighted by atomic mass is 16.7. The highest BCUT2D eigenvalue weighted by Crippen LogP contribution is 2.60. The Balaban J connectivity index is 1.38. The van der Waals surface area contributed by atoms with Crippen molar-refractivity contribution < 1.29 is 19.7 Å². The average molecular weight is 485 g/mol. The highest BCUT2D eigenvalue weighted by molar-refractivity contribution is 5.73. The van der Waals surface area contributed by atoms with Crippen molar-refractivity contribution in [2.24, 2.45) is 11.3 Å². The Bertz CT molecular complexity index is 1270. The van der Waals surface area contributed by atoms with Crippen LogP contribution in [0, 0.1) is 11.3 Å². The zero-order valence-corrected chi connectivity index (χ0v) is 21.6. The molecule has 4 heteroatoms. The van der Waals surface area contributed by atoms with E-state index in [4.69, 9.17) is 9.47 Å². The van der Waals surface area contributed by atoms with Crippen LogP contribution in [0.5, 0.6) is 11.5 Å². The van der Waals surface area contributed by atoms with Gasteiger partial charge in [0, 0.05) is 35.8 Å². The molecule has 0 aromatic heterocycles. The van der Waals surface area contributed by atoms with Crippen LogP contribution in [0.1, 0.15) is 64.0 Å². The van der Waals surface area contributed by atoms with Crippen molar-refractivity contribution in [2.45, 2.75) is 76.3 Å². The topological polar surface area (TPSA) is 58.9 Å². The minimum atomic E-state index is -0.780. The van der Waals surface area contributed by atoms with E-state index in [1.807, 2.05) is 60.7 Å². The van der Waals surface area contributed by atoms with Gasteiger partial charge < -0.3 is 19.7 Å². The third-order valence-corrected chi connectivity index (χ3v) is 8.81. The summed E-state index contributed by atoms with van der Waals surface area (Å²) >= 11 is 0. The molecule has 1 saturated heterocycles. The second-order valence-corrected chi connectivity index (χ2v) is 12.4. The molecular weight excluding hydrogens is 448 g/mol. The van der Waals surface area contributed by atoms with Crippen LogP contribution in [0.3, 0.4) is 0 Å². The normalized spacial score (nSPS) is 31.9. The van der Waals surface area contributed by atoms with E-state index in [2.05, 4.69) is 39.8 Å². The van der Waals surface area contributed by atoms with Gasteiger partial charge in [0.25, 0.3) is 0 Å². The van der Waals surface area contributed by atoms with E-state index in [9.17, 15) is 10.2 Å². The van der Waals surface area contributed by atoms with Crippen molar-refractivity contribution in [3.05, 3.63) is 83.9 Å². The van der Waals surface area contributed by atoms with Crippen LogP contribution < -0.4 is 4.74 Å². The molecule has 6 rings (SSSR count). The van der Waals surface area contributed by atoms with Gasteiger partial charge in [0.05, 0.1) is 12.2 Å². The van der Waals surface area contributed by atoms with E-state index in [1.54, 1.807) is 0 Å². The van der Waals surface area contributed by atoms with Gasteiger partial charge in [-0.15, -0.1) is 0 Å².